The number of nitrogens with one attached hydrogen (secondary N) is 1. The molecule has 3 atom stereocenters. The van der Waals surface area contributed by atoms with Gasteiger partial charge in [-0.25, -0.2) is 0 Å². The second-order valence-corrected chi connectivity index (χ2v) is 29.5. The molecule has 0 aromatic heterocycles. The van der Waals surface area contributed by atoms with Gasteiger partial charge in [0.25, 0.3) is 0 Å². The minimum absolute atomic E-state index is 0. The molecule has 3 unspecified atom stereocenters. The van der Waals surface area contributed by atoms with Gasteiger partial charge in [-0.15, -0.1) is 0 Å². The summed E-state index contributed by atoms with van der Waals surface area (Å²) in [4.78, 5) is 42.4. The maximum Gasteiger partial charge on any atom is 1.00 e. The van der Waals surface area contributed by atoms with Gasteiger partial charge in [0, 0.05) is 53.1 Å². The van der Waals surface area contributed by atoms with Gasteiger partial charge in [-0.05, 0) is 218 Å². The number of benzene rings is 9. The summed E-state index contributed by atoms with van der Waals surface area (Å²) in [6.45, 7) is 1.69. The minimum atomic E-state index is -0.971. The number of carbonyl (C=O) groups excluding carboxylic acids is 2. The fourth-order valence-electron chi connectivity index (χ4n) is 13.9. The van der Waals surface area contributed by atoms with Gasteiger partial charge in [-0.1, -0.05) is 191 Å². The number of ether oxygens (including phenoxy) is 4. The smallest absolute Gasteiger partial charge is 1.00 e. The maximum atomic E-state index is 12.9. The predicted molar refractivity (Wildman–Crippen MR) is 448 cm³/mol. The Morgan fingerprint density at radius 1 is 0.378 bits per heavy atom. The van der Waals surface area contributed by atoms with E-state index >= 15 is 0 Å². The van der Waals surface area contributed by atoms with Gasteiger partial charge in [0.2, 0.25) is 11.8 Å². The number of rotatable bonds is 23. The van der Waals surface area contributed by atoms with Crippen LogP contribution in [0.4, 0.5) is 0 Å². The van der Waals surface area contributed by atoms with Gasteiger partial charge in [0.15, 0.2) is 17.4 Å². The normalized spacial score (nSPS) is 15.0. The second kappa shape index (κ2) is 48.3. The summed E-state index contributed by atoms with van der Waals surface area (Å²) in [6.07, 6.45) is 15.3. The third-order valence-electron chi connectivity index (χ3n) is 19.5. The standard InChI is InChI=1S/C22H27NO3.C22H29NO2.C16H25NO2.C16H17NO2.C14H12O3.C2H7N.Al.Li.4H/c1-23(2)21(24)20(22(25)15-7-4-8-16-22)17-11-13-19(14-12-17)26-18-9-5-3-6-10-18;1-23(2)17-21(22(24)15-7-4-8-16-22)18-11-13-20(14-12-18)25-19-9-5-3-6-10-19;1-17(2)12-15(13-6-8-14(18)9-7-13)16(19)10-4-3-5-11-16;1-17(2)16(18)12-13-8-10-15(11-9-13)19-14-6-4-3-5-7-14;15-14(16)10-11-6-8-13(9-7-11)17-12-4-2-1-3-5-12;1-3-2;;;;;;/h3,5-6,9-14,20,25H,4,7-8,15-16H2,1-2H3;3,5-6,9-14,21,24H,4,7-8,15-17H2,1-2H3;6-9,15,18-19H,3-5,10-12H2,1-2H3;3-11H,12H2,1-2H3;1-9H,10H2,(H,15,16);3H,1-2H3;;;;;;/q;;;;;;;+1;;;;-1. The zero-order valence-electron chi connectivity index (χ0n) is 67.6. The molecular weight excluding hydrogens is 1400 g/mol. The number of carboxylic acid groups (broad SMARTS) is 1. The van der Waals surface area contributed by atoms with Gasteiger partial charge in [0.1, 0.15) is 51.7 Å². The predicted octanol–water partition coefficient (Wildman–Crippen LogP) is 13.9. The molecule has 590 valence electrons. The number of para-hydroxylation sites is 4. The van der Waals surface area contributed by atoms with E-state index in [1.54, 1.807) is 74.4 Å². The molecule has 0 spiro atoms. The number of hydrogen-bond acceptors (Lipinski definition) is 14. The number of aliphatic hydroxyl groups is 3. The van der Waals surface area contributed by atoms with Crippen LogP contribution in [-0.2, 0) is 27.2 Å². The van der Waals surface area contributed by atoms with Crippen LogP contribution in [-0.4, -0.2) is 181 Å². The molecule has 3 aliphatic carbocycles. The minimum Gasteiger partial charge on any atom is -1.00 e. The molecule has 0 heterocycles. The molecular formula is C92H121AlLiN5O12. The van der Waals surface area contributed by atoms with Crippen LogP contribution in [0.25, 0.3) is 0 Å². The van der Waals surface area contributed by atoms with Gasteiger partial charge >= 0.3 is 24.8 Å². The molecule has 3 fully saturated rings. The fourth-order valence-corrected chi connectivity index (χ4v) is 13.9. The van der Waals surface area contributed by atoms with Crippen LogP contribution in [0, 0.1) is 0 Å². The first-order valence-electron chi connectivity index (χ1n) is 38.1. The van der Waals surface area contributed by atoms with Gasteiger partial charge < -0.3 is 70.8 Å². The Labute approximate surface area is 684 Å². The number of amides is 2. The maximum absolute atomic E-state index is 12.9. The van der Waals surface area contributed by atoms with Crippen molar-refractivity contribution in [2.24, 2.45) is 0 Å². The van der Waals surface area contributed by atoms with Gasteiger partial charge in [0.05, 0.1) is 35.6 Å². The molecule has 0 bridgehead atoms. The first-order chi connectivity index (χ1) is 52.4. The Kier molecular flexibility index (Phi) is 40.4. The molecule has 9 aromatic rings. The van der Waals surface area contributed by atoms with E-state index < -0.39 is 28.7 Å². The van der Waals surface area contributed by atoms with Gasteiger partial charge in [-0.3, -0.25) is 14.4 Å². The molecule has 19 heteroatoms. The van der Waals surface area contributed by atoms with Crippen molar-refractivity contribution >= 4 is 35.1 Å². The zero-order chi connectivity index (χ0) is 78.6. The average molecular weight is 1520 g/mol. The van der Waals surface area contributed by atoms with Crippen LogP contribution >= 0.6 is 0 Å². The number of phenolic OH excluding ortho intramolecular Hbond substituents is 1. The van der Waals surface area contributed by atoms with Crippen LogP contribution in [0.15, 0.2) is 243 Å². The van der Waals surface area contributed by atoms with E-state index in [9.17, 15) is 34.8 Å². The van der Waals surface area contributed by atoms with E-state index in [1.165, 1.54) is 18.4 Å². The van der Waals surface area contributed by atoms with Crippen molar-refractivity contribution in [3.05, 3.63) is 270 Å². The number of carbonyl (C=O) groups is 3. The van der Waals surface area contributed by atoms with Crippen molar-refractivity contribution in [2.75, 3.05) is 83.6 Å². The van der Waals surface area contributed by atoms with E-state index in [1.807, 2.05) is 222 Å². The van der Waals surface area contributed by atoms with Crippen LogP contribution in [0.1, 0.15) is 143 Å². The van der Waals surface area contributed by atoms with Crippen molar-refractivity contribution in [1.29, 1.82) is 0 Å². The Bertz CT molecular complexity index is 4040. The van der Waals surface area contributed by atoms with E-state index in [4.69, 9.17) is 24.1 Å². The first-order valence-corrected chi connectivity index (χ1v) is 38.1. The molecule has 0 saturated heterocycles. The van der Waals surface area contributed by atoms with E-state index in [0.717, 1.165) is 140 Å². The Morgan fingerprint density at radius 2 is 0.640 bits per heavy atom. The van der Waals surface area contributed by atoms with Crippen molar-refractivity contribution in [2.45, 2.75) is 144 Å². The molecule has 3 saturated carbocycles. The topological polar surface area (TPSA) is 214 Å². The number of hydrogen-bond donors (Lipinski definition) is 6. The first kappa shape index (κ1) is 92.9. The number of aromatic hydroxyl groups is 1. The summed E-state index contributed by atoms with van der Waals surface area (Å²) < 4.78 is 23.0. The quantitative estimate of drug-likeness (QED) is 0.0329. The zero-order valence-corrected chi connectivity index (χ0v) is 66.6. The Balaban J connectivity index is 0.000000293. The molecule has 111 heavy (non-hydrogen) atoms. The SMILES string of the molecule is CN(C)C(=O)C(c1ccc(Oc2ccccc2)cc1)C1(O)CCCCC1.CN(C)C(=O)Cc1ccc(Oc2ccccc2)cc1.CN(C)CC(c1ccc(O)cc1)C1(O)CCCCC1.CN(C)CC(c1ccc(Oc2ccccc2)cc1)C1(O)CCCCC1.CNC.O=C(O)Cc1ccc(Oc2ccccc2)cc1.[AlH3].[H-].[Li+]. The largest absolute Gasteiger partial charge is 1.00 e. The summed E-state index contributed by atoms with van der Waals surface area (Å²) in [7, 11) is 19.0. The average Bonchev–Trinajstić information content (AvgIpc) is 0.796. The summed E-state index contributed by atoms with van der Waals surface area (Å²) in [5.41, 5.74) is 2.74. The third-order valence-corrected chi connectivity index (χ3v) is 19.5. The number of aliphatic carboxylic acids is 1. The summed E-state index contributed by atoms with van der Waals surface area (Å²) in [5.74, 6) is 5.39. The van der Waals surface area contributed by atoms with Crippen LogP contribution in [0.5, 0.6) is 51.7 Å². The third kappa shape index (κ3) is 31.8. The Hall–Kier alpha value is -8.72. The van der Waals surface area contributed by atoms with Crippen molar-refractivity contribution in [3.63, 3.8) is 0 Å². The molecule has 17 nitrogen and oxygen atoms in total. The molecule has 3 aliphatic rings. The number of nitrogens with zero attached hydrogens (tertiary/aromatic N) is 4. The summed E-state index contributed by atoms with van der Waals surface area (Å²) in [6, 6.07) is 76.2. The van der Waals surface area contributed by atoms with E-state index in [-0.39, 0.29) is 73.5 Å². The summed E-state index contributed by atoms with van der Waals surface area (Å²) >= 11 is 0. The van der Waals surface area contributed by atoms with E-state index in [0.29, 0.717) is 30.8 Å². The number of carboxylic acids is 1. The van der Waals surface area contributed by atoms with Crippen LogP contribution < -0.4 is 43.1 Å². The Morgan fingerprint density at radius 3 is 0.919 bits per heavy atom. The molecule has 12 rings (SSSR count). The number of phenols is 1. The molecule has 0 radical (unpaired) electrons. The number of likely N-dealkylation sites (N-methyl/N-ethyl adjacent to an activating group) is 4. The molecule has 9 aromatic carbocycles. The van der Waals surface area contributed by atoms with E-state index in [2.05, 4.69) is 41.3 Å². The van der Waals surface area contributed by atoms with Gasteiger partial charge in [-0.2, -0.15) is 0 Å². The fraction of sp³-hybridized carbons (Fsp3) is 0.380. The van der Waals surface area contributed by atoms with Crippen molar-refractivity contribution in [3.8, 4) is 51.7 Å². The molecule has 2 amide bonds. The second-order valence-electron chi connectivity index (χ2n) is 29.5. The van der Waals surface area contributed by atoms with Crippen molar-refractivity contribution in [1.82, 2.24) is 24.9 Å². The van der Waals surface area contributed by atoms with Crippen molar-refractivity contribution < 1.29 is 79.2 Å². The monoisotopic (exact) mass is 1520 g/mol. The van der Waals surface area contributed by atoms with Crippen LogP contribution in [0.2, 0.25) is 0 Å². The van der Waals surface area contributed by atoms with Crippen LogP contribution in [0.3, 0.4) is 0 Å². The molecule has 0 aliphatic heterocycles. The summed E-state index contributed by atoms with van der Waals surface area (Å²) in [5, 5.41) is 54.3. The molecule has 6 N–H and O–H groups in total.